The highest BCUT2D eigenvalue weighted by atomic mass is 35.5. The molecule has 2 aromatic rings. The number of nitrogens with zero attached hydrogens (tertiary/aromatic N) is 2. The summed E-state index contributed by atoms with van der Waals surface area (Å²) in [5, 5.41) is 3.42. The lowest BCUT2D eigenvalue weighted by atomic mass is 10.3. The lowest BCUT2D eigenvalue weighted by molar-refractivity contribution is 0.0942. The van der Waals surface area contributed by atoms with E-state index in [2.05, 4.69) is 10.3 Å². The van der Waals surface area contributed by atoms with Gasteiger partial charge in [-0.2, -0.15) is 0 Å². The average Bonchev–Trinajstić information content (AvgIpc) is 2.70. The van der Waals surface area contributed by atoms with Crippen LogP contribution in [0.1, 0.15) is 22.6 Å². The molecule has 19 heavy (non-hydrogen) atoms. The topological polar surface area (TPSA) is 55.6 Å². The molecule has 0 spiro atoms. The fourth-order valence-electron chi connectivity index (χ4n) is 1.91. The quantitative estimate of drug-likeness (QED) is 0.854. The summed E-state index contributed by atoms with van der Waals surface area (Å²) in [5.41, 5.74) is 1.92. The molecule has 0 aliphatic carbocycles. The second-order valence-corrected chi connectivity index (χ2v) is 4.66. The van der Waals surface area contributed by atoms with Gasteiger partial charge in [0.2, 0.25) is 0 Å². The number of rotatable bonds is 5. The van der Waals surface area contributed by atoms with Crippen LogP contribution < -0.4 is 5.32 Å². The number of aromatic nitrogens is 2. The molecule has 0 bridgehead atoms. The first kappa shape index (κ1) is 13.8. The molecule has 0 saturated carbocycles. The molecule has 5 nitrogen and oxygen atoms in total. The number of ether oxygens (including phenoxy) is 1. The molecule has 0 aromatic carbocycles. The van der Waals surface area contributed by atoms with Gasteiger partial charge in [0.1, 0.15) is 11.3 Å². The van der Waals surface area contributed by atoms with Gasteiger partial charge in [0.25, 0.3) is 5.91 Å². The van der Waals surface area contributed by atoms with Crippen LogP contribution in [0.15, 0.2) is 18.3 Å². The van der Waals surface area contributed by atoms with E-state index in [1.165, 1.54) is 0 Å². The zero-order chi connectivity index (χ0) is 13.8. The first-order valence-corrected chi connectivity index (χ1v) is 6.42. The Morgan fingerprint density at radius 3 is 3.05 bits per heavy atom. The zero-order valence-electron chi connectivity index (χ0n) is 10.9. The Morgan fingerprint density at radius 2 is 2.32 bits per heavy atom. The van der Waals surface area contributed by atoms with E-state index in [0.29, 0.717) is 35.2 Å². The Bertz CT molecular complexity index is 595. The molecule has 2 heterocycles. The number of aryl methyl sites for hydroxylation is 1. The van der Waals surface area contributed by atoms with Crippen LogP contribution in [0.25, 0.3) is 5.65 Å². The third-order valence-corrected chi connectivity index (χ3v) is 3.01. The van der Waals surface area contributed by atoms with Crippen molar-refractivity contribution in [3.05, 3.63) is 34.7 Å². The number of methoxy groups -OCH3 is 1. The van der Waals surface area contributed by atoms with Gasteiger partial charge in [-0.1, -0.05) is 11.6 Å². The summed E-state index contributed by atoms with van der Waals surface area (Å²) in [6.45, 7) is 3.00. The van der Waals surface area contributed by atoms with Crippen molar-refractivity contribution in [2.75, 3.05) is 20.3 Å². The molecule has 6 heteroatoms. The van der Waals surface area contributed by atoms with Crippen molar-refractivity contribution in [3.8, 4) is 0 Å². The first-order chi connectivity index (χ1) is 9.13. The number of carbonyl (C=O) groups excluding carboxylic acids is 1. The third-order valence-electron chi connectivity index (χ3n) is 2.78. The molecule has 0 radical (unpaired) electrons. The first-order valence-electron chi connectivity index (χ1n) is 6.05. The second kappa shape index (κ2) is 6.04. The lowest BCUT2D eigenvalue weighted by Gasteiger charge is -2.05. The summed E-state index contributed by atoms with van der Waals surface area (Å²) in [7, 11) is 1.64. The van der Waals surface area contributed by atoms with E-state index in [0.717, 1.165) is 6.42 Å². The van der Waals surface area contributed by atoms with Crippen LogP contribution in [0.4, 0.5) is 0 Å². The Kier molecular flexibility index (Phi) is 4.39. The number of halogens is 1. The normalized spacial score (nSPS) is 10.9. The van der Waals surface area contributed by atoms with Crippen molar-refractivity contribution < 1.29 is 9.53 Å². The van der Waals surface area contributed by atoms with Gasteiger partial charge in [-0.05, 0) is 25.5 Å². The number of amides is 1. The molecule has 0 unspecified atom stereocenters. The predicted molar refractivity (Wildman–Crippen MR) is 73.8 cm³/mol. The van der Waals surface area contributed by atoms with Crippen LogP contribution >= 0.6 is 11.6 Å². The minimum Gasteiger partial charge on any atom is -0.385 e. The van der Waals surface area contributed by atoms with E-state index >= 15 is 0 Å². The summed E-state index contributed by atoms with van der Waals surface area (Å²) >= 11 is 5.95. The molecule has 0 aliphatic heterocycles. The summed E-state index contributed by atoms with van der Waals surface area (Å²) in [5.74, 6) is -0.150. The predicted octanol–water partition coefficient (Wildman–Crippen LogP) is 2.06. The number of fused-ring (bicyclic) bond motifs is 1. The van der Waals surface area contributed by atoms with Gasteiger partial charge in [0, 0.05) is 26.5 Å². The van der Waals surface area contributed by atoms with Gasteiger partial charge >= 0.3 is 0 Å². The van der Waals surface area contributed by atoms with Crippen LogP contribution in [0.2, 0.25) is 5.02 Å². The zero-order valence-corrected chi connectivity index (χ0v) is 11.7. The average molecular weight is 282 g/mol. The molecule has 0 atom stereocenters. The van der Waals surface area contributed by atoms with E-state index in [4.69, 9.17) is 16.3 Å². The minimum atomic E-state index is -0.150. The van der Waals surface area contributed by atoms with Crippen molar-refractivity contribution in [3.63, 3.8) is 0 Å². The van der Waals surface area contributed by atoms with Crippen LogP contribution in [-0.4, -0.2) is 35.6 Å². The molecule has 0 fully saturated rings. The van der Waals surface area contributed by atoms with Crippen molar-refractivity contribution in [2.24, 2.45) is 0 Å². The minimum absolute atomic E-state index is 0.150. The highest BCUT2D eigenvalue weighted by Crippen LogP contribution is 2.16. The van der Waals surface area contributed by atoms with Gasteiger partial charge < -0.3 is 10.1 Å². The summed E-state index contributed by atoms with van der Waals surface area (Å²) in [6, 6.07) is 3.54. The summed E-state index contributed by atoms with van der Waals surface area (Å²) in [6.07, 6.45) is 2.47. The highest BCUT2D eigenvalue weighted by Gasteiger charge is 2.16. The van der Waals surface area contributed by atoms with Crippen molar-refractivity contribution in [2.45, 2.75) is 13.3 Å². The fraction of sp³-hybridized carbons (Fsp3) is 0.385. The van der Waals surface area contributed by atoms with Crippen LogP contribution in [0, 0.1) is 6.92 Å². The Labute approximate surface area is 116 Å². The maximum atomic E-state index is 12.2. The van der Waals surface area contributed by atoms with Gasteiger partial charge in [-0.15, -0.1) is 0 Å². The second-order valence-electron chi connectivity index (χ2n) is 4.22. The van der Waals surface area contributed by atoms with Crippen LogP contribution in [-0.2, 0) is 4.74 Å². The molecular weight excluding hydrogens is 266 g/mol. The van der Waals surface area contributed by atoms with E-state index < -0.39 is 0 Å². The number of imidazole rings is 1. The van der Waals surface area contributed by atoms with E-state index in [-0.39, 0.29) is 5.91 Å². The number of nitrogens with one attached hydrogen (secondary N) is 1. The van der Waals surface area contributed by atoms with E-state index in [1.807, 2.05) is 6.92 Å². The van der Waals surface area contributed by atoms with Crippen LogP contribution in [0.5, 0.6) is 0 Å². The number of hydrogen-bond acceptors (Lipinski definition) is 3. The fourth-order valence-corrected chi connectivity index (χ4v) is 2.07. The molecule has 0 aliphatic rings. The van der Waals surface area contributed by atoms with Gasteiger partial charge in [0.05, 0.1) is 10.7 Å². The van der Waals surface area contributed by atoms with Gasteiger partial charge in [-0.3, -0.25) is 9.20 Å². The van der Waals surface area contributed by atoms with E-state index in [9.17, 15) is 4.79 Å². The number of carbonyl (C=O) groups is 1. The lowest BCUT2D eigenvalue weighted by Crippen LogP contribution is -2.27. The van der Waals surface area contributed by atoms with Crippen molar-refractivity contribution in [1.82, 2.24) is 14.7 Å². The maximum absolute atomic E-state index is 12.2. The van der Waals surface area contributed by atoms with Crippen molar-refractivity contribution in [1.29, 1.82) is 0 Å². The standard InChI is InChI=1S/C13H16ClN3O2/c1-9-12(13(18)15-6-3-7-19-2)17-8-10(14)4-5-11(17)16-9/h4-5,8H,3,6-7H2,1-2H3,(H,15,18). The maximum Gasteiger partial charge on any atom is 0.270 e. The summed E-state index contributed by atoms with van der Waals surface area (Å²) < 4.78 is 6.65. The van der Waals surface area contributed by atoms with Crippen molar-refractivity contribution >= 4 is 23.2 Å². The number of hydrogen-bond donors (Lipinski definition) is 1. The van der Waals surface area contributed by atoms with Crippen LogP contribution in [0.3, 0.4) is 0 Å². The molecular formula is C13H16ClN3O2. The van der Waals surface area contributed by atoms with Gasteiger partial charge in [0.15, 0.2) is 0 Å². The summed E-state index contributed by atoms with van der Waals surface area (Å²) in [4.78, 5) is 16.5. The monoisotopic (exact) mass is 281 g/mol. The highest BCUT2D eigenvalue weighted by molar-refractivity contribution is 6.30. The molecule has 2 rings (SSSR count). The molecule has 102 valence electrons. The molecule has 0 saturated heterocycles. The largest absolute Gasteiger partial charge is 0.385 e. The Morgan fingerprint density at radius 1 is 1.53 bits per heavy atom. The number of pyridine rings is 1. The SMILES string of the molecule is COCCCNC(=O)c1c(C)nc2ccc(Cl)cn12. The van der Waals surface area contributed by atoms with E-state index in [1.54, 1.807) is 29.8 Å². The molecule has 1 N–H and O–H groups in total. The molecule has 2 aromatic heterocycles. The smallest absolute Gasteiger partial charge is 0.270 e. The Hall–Kier alpha value is -1.59. The van der Waals surface area contributed by atoms with Gasteiger partial charge in [-0.25, -0.2) is 4.98 Å². The third kappa shape index (κ3) is 3.05. The Balaban J connectivity index is 2.21. The molecule has 1 amide bonds.